The zero-order valence-corrected chi connectivity index (χ0v) is 35.9. The van der Waals surface area contributed by atoms with E-state index < -0.39 is 24.2 Å². The molecule has 0 aromatic rings. The Morgan fingerprint density at radius 2 is 0.736 bits per heavy atom. The lowest BCUT2D eigenvalue weighted by Crippen LogP contribution is -2.48. The van der Waals surface area contributed by atoms with Gasteiger partial charge in [0.05, 0.1) is 18.8 Å². The minimum absolute atomic E-state index is 0.359. The van der Waals surface area contributed by atoms with E-state index in [2.05, 4.69) is 19.2 Å². The monoisotopic (exact) mass is 750 g/mol. The van der Waals surface area contributed by atoms with Crippen molar-refractivity contribution in [2.24, 2.45) is 0 Å². The second kappa shape index (κ2) is 43.8. The van der Waals surface area contributed by atoms with E-state index in [1.54, 1.807) is 6.08 Å². The van der Waals surface area contributed by atoms with Gasteiger partial charge >= 0.3 is 0 Å². The minimum atomic E-state index is -1.09. The lowest BCUT2D eigenvalue weighted by molar-refractivity contribution is -0.131. The largest absolute Gasteiger partial charge is 0.394 e. The van der Waals surface area contributed by atoms with Crippen molar-refractivity contribution in [1.29, 1.82) is 0 Å². The average Bonchev–Trinajstić information content (AvgIpc) is 3.16. The van der Waals surface area contributed by atoms with Crippen LogP contribution in [0.15, 0.2) is 12.2 Å². The van der Waals surface area contributed by atoms with E-state index in [1.807, 2.05) is 6.08 Å². The molecule has 0 aliphatic carbocycles. The van der Waals surface area contributed by atoms with Gasteiger partial charge in [0.1, 0.15) is 6.10 Å². The van der Waals surface area contributed by atoms with Gasteiger partial charge in [-0.2, -0.15) is 0 Å². The van der Waals surface area contributed by atoms with Gasteiger partial charge in [-0.05, 0) is 19.3 Å². The Labute approximate surface area is 331 Å². The second-order valence-corrected chi connectivity index (χ2v) is 16.7. The summed E-state index contributed by atoms with van der Waals surface area (Å²) in [5.41, 5.74) is 0. The van der Waals surface area contributed by atoms with E-state index in [1.165, 1.54) is 212 Å². The van der Waals surface area contributed by atoms with E-state index in [0.717, 1.165) is 32.1 Å². The molecule has 0 saturated heterocycles. The number of hydrogen-bond donors (Lipinski definition) is 4. The first-order chi connectivity index (χ1) is 26.1. The SMILES string of the molecule is CCCCCCCCCCCCCCCCC/C=C/[C@@H](O)[C@H](CO)NC(=O)[C@@H](O)CCCCCCCCCCCCCCCCCCCCCCCC. The molecule has 0 aliphatic rings. The van der Waals surface area contributed by atoms with Crippen LogP contribution in [0.2, 0.25) is 0 Å². The van der Waals surface area contributed by atoms with Gasteiger partial charge in [-0.15, -0.1) is 0 Å². The number of aliphatic hydroxyl groups excluding tert-OH is 3. The third kappa shape index (κ3) is 39.1. The molecule has 3 atom stereocenters. The maximum Gasteiger partial charge on any atom is 0.249 e. The van der Waals surface area contributed by atoms with Gasteiger partial charge in [0.15, 0.2) is 0 Å². The molecule has 0 saturated carbocycles. The normalized spacial score (nSPS) is 13.5. The van der Waals surface area contributed by atoms with Crippen LogP contribution in [-0.2, 0) is 4.79 Å². The molecule has 0 aromatic carbocycles. The third-order valence-electron chi connectivity index (χ3n) is 11.4. The van der Waals surface area contributed by atoms with Crippen LogP contribution < -0.4 is 5.32 Å². The van der Waals surface area contributed by atoms with Gasteiger partial charge in [-0.25, -0.2) is 0 Å². The smallest absolute Gasteiger partial charge is 0.249 e. The number of allylic oxidation sites excluding steroid dienone is 1. The van der Waals surface area contributed by atoms with Crippen LogP contribution in [-0.4, -0.2) is 46.1 Å². The van der Waals surface area contributed by atoms with Gasteiger partial charge in [0, 0.05) is 0 Å². The first-order valence-electron chi connectivity index (χ1n) is 24.0. The number of aliphatic hydroxyl groups is 3. The molecule has 0 aromatic heterocycles. The van der Waals surface area contributed by atoms with Crippen LogP contribution in [0.4, 0.5) is 0 Å². The molecule has 0 unspecified atom stereocenters. The highest BCUT2D eigenvalue weighted by atomic mass is 16.3. The van der Waals surface area contributed by atoms with Crippen LogP contribution in [0.25, 0.3) is 0 Å². The predicted octanol–water partition coefficient (Wildman–Crippen LogP) is 14.0. The van der Waals surface area contributed by atoms with E-state index in [0.29, 0.717) is 6.42 Å². The quantitative estimate of drug-likeness (QED) is 0.0369. The third-order valence-corrected chi connectivity index (χ3v) is 11.4. The summed E-state index contributed by atoms with van der Waals surface area (Å²) in [6.45, 7) is 4.21. The fourth-order valence-electron chi connectivity index (χ4n) is 7.60. The number of carbonyl (C=O) groups is 1. The molecule has 0 spiro atoms. The summed E-state index contributed by atoms with van der Waals surface area (Å²) < 4.78 is 0. The van der Waals surface area contributed by atoms with E-state index in [4.69, 9.17) is 0 Å². The lowest BCUT2D eigenvalue weighted by atomic mass is 10.0. The minimum Gasteiger partial charge on any atom is -0.394 e. The van der Waals surface area contributed by atoms with Crippen LogP contribution in [0, 0.1) is 0 Å². The van der Waals surface area contributed by atoms with Gasteiger partial charge in [0.25, 0.3) is 0 Å². The topological polar surface area (TPSA) is 89.8 Å². The Morgan fingerprint density at radius 1 is 0.453 bits per heavy atom. The molecule has 0 aliphatic heterocycles. The first-order valence-corrected chi connectivity index (χ1v) is 24.0. The Hall–Kier alpha value is -0.910. The van der Waals surface area contributed by atoms with Crippen molar-refractivity contribution < 1.29 is 20.1 Å². The van der Waals surface area contributed by atoms with Gasteiger partial charge in [0.2, 0.25) is 5.91 Å². The van der Waals surface area contributed by atoms with Crippen LogP contribution in [0.5, 0.6) is 0 Å². The average molecular weight is 750 g/mol. The summed E-state index contributed by atoms with van der Waals surface area (Å²) in [5.74, 6) is -0.498. The van der Waals surface area contributed by atoms with Crippen molar-refractivity contribution in [1.82, 2.24) is 5.32 Å². The number of rotatable bonds is 44. The zero-order chi connectivity index (χ0) is 38.7. The molecule has 0 radical (unpaired) electrons. The van der Waals surface area contributed by atoms with Crippen molar-refractivity contribution in [3.8, 4) is 0 Å². The van der Waals surface area contributed by atoms with E-state index >= 15 is 0 Å². The van der Waals surface area contributed by atoms with Crippen LogP contribution >= 0.6 is 0 Å². The maximum atomic E-state index is 12.5. The number of unbranched alkanes of at least 4 members (excludes halogenated alkanes) is 36. The second-order valence-electron chi connectivity index (χ2n) is 16.7. The molecule has 0 fully saturated rings. The molecule has 0 bridgehead atoms. The molecular formula is C48H95NO4. The number of carbonyl (C=O) groups excluding carboxylic acids is 1. The van der Waals surface area contributed by atoms with E-state index in [-0.39, 0.29) is 6.61 Å². The molecule has 4 N–H and O–H groups in total. The summed E-state index contributed by atoms with van der Waals surface area (Å²) >= 11 is 0. The zero-order valence-electron chi connectivity index (χ0n) is 35.9. The highest BCUT2D eigenvalue weighted by Gasteiger charge is 2.22. The van der Waals surface area contributed by atoms with Gasteiger partial charge < -0.3 is 20.6 Å². The predicted molar refractivity (Wildman–Crippen MR) is 232 cm³/mol. The molecule has 5 heteroatoms. The molecule has 316 valence electrons. The Bertz CT molecular complexity index is 743. The first kappa shape index (κ1) is 52.1. The Kier molecular flexibility index (Phi) is 43.1. The lowest BCUT2D eigenvalue weighted by Gasteiger charge is -2.21. The summed E-state index contributed by atoms with van der Waals surface area (Å²) in [4.78, 5) is 12.5. The van der Waals surface area contributed by atoms with Gasteiger partial charge in [-0.3, -0.25) is 4.79 Å². The highest BCUT2D eigenvalue weighted by Crippen LogP contribution is 2.17. The van der Waals surface area contributed by atoms with Crippen molar-refractivity contribution in [3.05, 3.63) is 12.2 Å². The fourth-order valence-corrected chi connectivity index (χ4v) is 7.60. The van der Waals surface area contributed by atoms with E-state index in [9.17, 15) is 20.1 Å². The van der Waals surface area contributed by atoms with Crippen molar-refractivity contribution in [2.45, 2.75) is 283 Å². The standard InChI is InChI=1S/C48H95NO4/c1-3-5-7-9-11-13-15-17-19-21-22-23-24-25-27-29-31-33-35-37-39-41-43-47(52)48(53)49-45(44-50)46(51)42-40-38-36-34-32-30-28-26-20-18-16-14-12-10-8-6-4-2/h40,42,45-47,50-52H,3-39,41,43-44H2,1-2H3,(H,49,53)/b42-40+/t45-,46+,47-/m0/s1. The molecular weight excluding hydrogens is 655 g/mol. The summed E-state index contributed by atoms with van der Waals surface area (Å²) in [7, 11) is 0. The highest BCUT2D eigenvalue weighted by molar-refractivity contribution is 5.80. The fraction of sp³-hybridized carbons (Fsp3) is 0.938. The Balaban J connectivity index is 3.59. The molecule has 5 nitrogen and oxygen atoms in total. The van der Waals surface area contributed by atoms with Gasteiger partial charge in [-0.1, -0.05) is 257 Å². The molecule has 1 amide bonds. The van der Waals surface area contributed by atoms with Crippen molar-refractivity contribution >= 4 is 5.91 Å². The number of hydrogen-bond acceptors (Lipinski definition) is 4. The molecule has 0 rings (SSSR count). The number of amides is 1. The van der Waals surface area contributed by atoms with Crippen molar-refractivity contribution in [2.75, 3.05) is 6.61 Å². The van der Waals surface area contributed by atoms with Crippen LogP contribution in [0.3, 0.4) is 0 Å². The molecule has 53 heavy (non-hydrogen) atoms. The van der Waals surface area contributed by atoms with Crippen molar-refractivity contribution in [3.63, 3.8) is 0 Å². The summed E-state index contributed by atoms with van der Waals surface area (Å²) in [6, 6.07) is -0.793. The Morgan fingerprint density at radius 3 is 1.04 bits per heavy atom. The van der Waals surface area contributed by atoms with Crippen LogP contribution in [0.1, 0.15) is 264 Å². The maximum absolute atomic E-state index is 12.5. The molecule has 0 heterocycles. The summed E-state index contributed by atoms with van der Waals surface area (Å²) in [5, 5.41) is 33.2. The number of nitrogens with one attached hydrogen (secondary N) is 1. The summed E-state index contributed by atoms with van der Waals surface area (Å²) in [6.07, 6.45) is 52.5.